The van der Waals surface area contributed by atoms with Crippen LogP contribution in [0.4, 0.5) is 0 Å². The molecule has 1 unspecified atom stereocenters. The van der Waals surface area contributed by atoms with Crippen molar-refractivity contribution in [3.63, 3.8) is 0 Å². The van der Waals surface area contributed by atoms with Crippen molar-refractivity contribution in [1.82, 2.24) is 4.98 Å². The summed E-state index contributed by atoms with van der Waals surface area (Å²) < 4.78 is 5.93. The number of carbonyl (C=O) groups excluding carboxylic acids is 1. The van der Waals surface area contributed by atoms with Crippen molar-refractivity contribution in [2.75, 3.05) is 0 Å². The van der Waals surface area contributed by atoms with E-state index in [1.165, 1.54) is 0 Å². The van der Waals surface area contributed by atoms with Crippen LogP contribution in [0.3, 0.4) is 0 Å². The van der Waals surface area contributed by atoms with Gasteiger partial charge in [0, 0.05) is 27.1 Å². The van der Waals surface area contributed by atoms with Crippen LogP contribution in [0.25, 0.3) is 10.9 Å². The van der Waals surface area contributed by atoms with Gasteiger partial charge in [0.2, 0.25) is 0 Å². The van der Waals surface area contributed by atoms with Gasteiger partial charge in [-0.15, -0.1) is 0 Å². The van der Waals surface area contributed by atoms with Gasteiger partial charge in [0.05, 0.1) is 0 Å². The Labute approximate surface area is 95.6 Å². The highest BCUT2D eigenvalue weighted by Crippen LogP contribution is 2.27. The molecule has 1 N–H and O–H groups in total. The minimum Gasteiger partial charge on any atom is -0.460 e. The zero-order valence-corrected chi connectivity index (χ0v) is 9.74. The van der Waals surface area contributed by atoms with Gasteiger partial charge in [-0.3, -0.25) is 4.79 Å². The zero-order chi connectivity index (χ0) is 10.8. The molecular formula is C11H10BrNO2. The minimum absolute atomic E-state index is 0.225. The highest BCUT2D eigenvalue weighted by atomic mass is 79.9. The number of halogens is 1. The molecule has 0 radical (unpaired) electrons. The third-order valence-corrected chi connectivity index (χ3v) is 2.87. The summed E-state index contributed by atoms with van der Waals surface area (Å²) in [4.78, 5) is 13.4. The van der Waals surface area contributed by atoms with E-state index >= 15 is 0 Å². The lowest BCUT2D eigenvalue weighted by molar-refractivity contribution is -0.133. The number of benzene rings is 1. The van der Waals surface area contributed by atoms with Gasteiger partial charge in [-0.25, -0.2) is 0 Å². The summed E-state index contributed by atoms with van der Waals surface area (Å²) in [5.74, 6) is 0. The van der Waals surface area contributed by atoms with E-state index in [2.05, 4.69) is 20.9 Å². The predicted molar refractivity (Wildman–Crippen MR) is 61.6 cm³/mol. The molecule has 1 aromatic carbocycles. The van der Waals surface area contributed by atoms with Crippen LogP contribution in [-0.2, 0) is 9.53 Å². The van der Waals surface area contributed by atoms with Crippen molar-refractivity contribution in [3.8, 4) is 0 Å². The molecule has 2 rings (SSSR count). The molecule has 1 aromatic heterocycles. The maximum atomic E-state index is 10.3. The summed E-state index contributed by atoms with van der Waals surface area (Å²) in [6.07, 6.45) is 1.64. The fourth-order valence-electron chi connectivity index (χ4n) is 1.61. The smallest absolute Gasteiger partial charge is 0.293 e. The number of fused-ring (bicyclic) bond motifs is 1. The lowest BCUT2D eigenvalue weighted by atomic mass is 10.1. The van der Waals surface area contributed by atoms with E-state index < -0.39 is 0 Å². The molecular weight excluding hydrogens is 258 g/mol. The monoisotopic (exact) mass is 267 g/mol. The quantitative estimate of drug-likeness (QED) is 0.869. The van der Waals surface area contributed by atoms with Crippen LogP contribution in [-0.4, -0.2) is 11.5 Å². The summed E-state index contributed by atoms with van der Waals surface area (Å²) >= 11 is 3.40. The van der Waals surface area contributed by atoms with E-state index in [-0.39, 0.29) is 6.10 Å². The zero-order valence-electron chi connectivity index (χ0n) is 8.16. The van der Waals surface area contributed by atoms with Crippen LogP contribution < -0.4 is 0 Å². The molecule has 78 valence electrons. The van der Waals surface area contributed by atoms with Crippen LogP contribution in [0.2, 0.25) is 0 Å². The van der Waals surface area contributed by atoms with Crippen molar-refractivity contribution >= 4 is 33.3 Å². The van der Waals surface area contributed by atoms with Crippen molar-refractivity contribution in [1.29, 1.82) is 0 Å². The van der Waals surface area contributed by atoms with Crippen molar-refractivity contribution in [2.24, 2.45) is 0 Å². The van der Waals surface area contributed by atoms with E-state index in [1.54, 1.807) is 0 Å². The molecule has 1 atom stereocenters. The fraction of sp³-hybridized carbons (Fsp3) is 0.182. The van der Waals surface area contributed by atoms with Crippen LogP contribution in [0, 0.1) is 0 Å². The summed E-state index contributed by atoms with van der Waals surface area (Å²) in [5.41, 5.74) is 2.02. The Kier molecular flexibility index (Phi) is 2.77. The largest absolute Gasteiger partial charge is 0.460 e. The first-order chi connectivity index (χ1) is 7.22. The normalized spacial score (nSPS) is 12.7. The van der Waals surface area contributed by atoms with Crippen molar-refractivity contribution in [3.05, 3.63) is 34.4 Å². The van der Waals surface area contributed by atoms with Gasteiger partial charge in [-0.05, 0) is 19.1 Å². The Morgan fingerprint density at radius 2 is 2.33 bits per heavy atom. The summed E-state index contributed by atoms with van der Waals surface area (Å²) in [6, 6.07) is 5.95. The number of nitrogens with one attached hydrogen (secondary N) is 1. The SMILES string of the molecule is CC(OC=O)c1c[nH]c2cc(Br)ccc12. The summed E-state index contributed by atoms with van der Waals surface area (Å²) in [5, 5.41) is 1.08. The highest BCUT2D eigenvalue weighted by Gasteiger charge is 2.11. The Hall–Kier alpha value is -1.29. The van der Waals surface area contributed by atoms with Gasteiger partial charge in [-0.2, -0.15) is 0 Å². The van der Waals surface area contributed by atoms with Gasteiger partial charge in [0.15, 0.2) is 0 Å². The van der Waals surface area contributed by atoms with Crippen molar-refractivity contribution in [2.45, 2.75) is 13.0 Å². The Balaban J connectivity index is 2.49. The molecule has 15 heavy (non-hydrogen) atoms. The number of H-pyrrole nitrogens is 1. The first-order valence-corrected chi connectivity index (χ1v) is 5.37. The van der Waals surface area contributed by atoms with Gasteiger partial charge in [-0.1, -0.05) is 22.0 Å². The van der Waals surface area contributed by atoms with Crippen LogP contribution in [0.15, 0.2) is 28.9 Å². The van der Waals surface area contributed by atoms with E-state index in [1.807, 2.05) is 31.3 Å². The number of hydrogen-bond donors (Lipinski definition) is 1. The molecule has 0 amide bonds. The number of aromatic nitrogens is 1. The fourth-order valence-corrected chi connectivity index (χ4v) is 1.97. The van der Waals surface area contributed by atoms with Gasteiger partial charge in [0.25, 0.3) is 6.47 Å². The first kappa shape index (κ1) is 10.2. The Bertz CT molecular complexity index is 492. The second-order valence-corrected chi connectivity index (χ2v) is 4.22. The molecule has 0 saturated heterocycles. The van der Waals surface area contributed by atoms with Crippen LogP contribution in [0.1, 0.15) is 18.6 Å². The third kappa shape index (κ3) is 1.90. The molecule has 0 aliphatic heterocycles. The number of carbonyl (C=O) groups is 1. The lowest BCUT2D eigenvalue weighted by Gasteiger charge is -2.07. The number of hydrogen-bond acceptors (Lipinski definition) is 2. The van der Waals surface area contributed by atoms with Gasteiger partial charge >= 0.3 is 0 Å². The van der Waals surface area contributed by atoms with Crippen LogP contribution in [0.5, 0.6) is 0 Å². The number of rotatable bonds is 3. The van der Waals surface area contributed by atoms with Crippen molar-refractivity contribution < 1.29 is 9.53 Å². The topological polar surface area (TPSA) is 42.1 Å². The Morgan fingerprint density at radius 1 is 1.53 bits per heavy atom. The summed E-state index contributed by atoms with van der Waals surface area (Å²) in [6.45, 7) is 2.32. The molecule has 0 bridgehead atoms. The van der Waals surface area contributed by atoms with Crippen LogP contribution >= 0.6 is 15.9 Å². The second kappa shape index (κ2) is 4.06. The maximum Gasteiger partial charge on any atom is 0.293 e. The molecule has 4 heteroatoms. The van der Waals surface area contributed by atoms with E-state index in [4.69, 9.17) is 4.74 Å². The molecule has 0 fully saturated rings. The van der Waals surface area contributed by atoms with Gasteiger partial charge in [0.1, 0.15) is 6.10 Å². The Morgan fingerprint density at radius 3 is 3.07 bits per heavy atom. The molecule has 2 aromatic rings. The average Bonchev–Trinajstić information content (AvgIpc) is 2.60. The predicted octanol–water partition coefficient (Wildman–Crippen LogP) is 3.16. The highest BCUT2D eigenvalue weighted by molar-refractivity contribution is 9.10. The lowest BCUT2D eigenvalue weighted by Crippen LogP contribution is -1.96. The third-order valence-electron chi connectivity index (χ3n) is 2.37. The molecule has 0 spiro atoms. The molecule has 0 aliphatic carbocycles. The molecule has 0 saturated carbocycles. The first-order valence-electron chi connectivity index (χ1n) is 4.58. The standard InChI is InChI=1S/C11H10BrNO2/c1-7(15-6-14)10-5-13-11-4-8(12)2-3-9(10)11/h2-7,13H,1H3. The minimum atomic E-state index is -0.225. The second-order valence-electron chi connectivity index (χ2n) is 3.31. The summed E-state index contributed by atoms with van der Waals surface area (Å²) in [7, 11) is 0. The van der Waals surface area contributed by atoms with Gasteiger partial charge < -0.3 is 9.72 Å². The number of aromatic amines is 1. The molecule has 3 nitrogen and oxygen atoms in total. The van der Waals surface area contributed by atoms with E-state index in [0.29, 0.717) is 6.47 Å². The molecule has 0 aliphatic rings. The maximum absolute atomic E-state index is 10.3. The molecule has 1 heterocycles. The average molecular weight is 268 g/mol. The van der Waals surface area contributed by atoms with E-state index in [9.17, 15) is 4.79 Å². The number of ether oxygens (including phenoxy) is 1. The van der Waals surface area contributed by atoms with E-state index in [0.717, 1.165) is 20.9 Å².